The summed E-state index contributed by atoms with van der Waals surface area (Å²) in [6.45, 7) is 4.28. The number of carbonyl (C=O) groups is 2. The molecule has 3 rings (SSSR count). The minimum Gasteiger partial charge on any atom is -0.487 e. The van der Waals surface area contributed by atoms with Crippen LogP contribution in [0, 0.1) is 0 Å². The monoisotopic (exact) mass is 507 g/mol. The maximum atomic E-state index is 12.7. The van der Waals surface area contributed by atoms with E-state index in [2.05, 4.69) is 38.4 Å². The Bertz CT molecular complexity index is 905. The number of ether oxygens (including phenoxy) is 1. The highest BCUT2D eigenvalue weighted by molar-refractivity contribution is 9.11. The second-order valence-electron chi connectivity index (χ2n) is 5.67. The van der Waals surface area contributed by atoms with Gasteiger partial charge in [0.25, 0.3) is 11.1 Å². The predicted molar refractivity (Wildman–Crippen MR) is 115 cm³/mol. The lowest BCUT2D eigenvalue weighted by atomic mass is 10.2. The van der Waals surface area contributed by atoms with Crippen LogP contribution in [0.4, 0.5) is 4.79 Å². The molecule has 0 saturated carbocycles. The van der Waals surface area contributed by atoms with Crippen molar-refractivity contribution in [3.63, 3.8) is 0 Å². The SMILES string of the molecule is C=CCOc1c(Br)cc(/C=C2\SC(=O)N(Cc3ccccc3)C2=O)cc1Br. The maximum Gasteiger partial charge on any atom is 0.293 e. The first-order chi connectivity index (χ1) is 13.0. The molecule has 1 aliphatic rings. The lowest BCUT2D eigenvalue weighted by Crippen LogP contribution is -2.27. The molecule has 1 aliphatic heterocycles. The second kappa shape index (κ2) is 8.91. The van der Waals surface area contributed by atoms with Crippen LogP contribution in [0.2, 0.25) is 0 Å². The van der Waals surface area contributed by atoms with Crippen LogP contribution in [0.25, 0.3) is 6.08 Å². The number of hydrogen-bond donors (Lipinski definition) is 0. The molecule has 1 saturated heterocycles. The summed E-state index contributed by atoms with van der Waals surface area (Å²) in [6.07, 6.45) is 3.37. The van der Waals surface area contributed by atoms with Crippen molar-refractivity contribution in [3.8, 4) is 5.75 Å². The van der Waals surface area contributed by atoms with Crippen molar-refractivity contribution in [2.75, 3.05) is 6.61 Å². The van der Waals surface area contributed by atoms with E-state index in [1.807, 2.05) is 42.5 Å². The summed E-state index contributed by atoms with van der Waals surface area (Å²) in [5.41, 5.74) is 1.69. The number of thioether (sulfide) groups is 1. The Hall–Kier alpha value is -1.83. The molecule has 2 aromatic carbocycles. The molecule has 27 heavy (non-hydrogen) atoms. The van der Waals surface area contributed by atoms with Gasteiger partial charge in [-0.3, -0.25) is 14.5 Å². The molecule has 1 heterocycles. The molecule has 0 bridgehead atoms. The van der Waals surface area contributed by atoms with Crippen LogP contribution in [-0.2, 0) is 11.3 Å². The first kappa shape index (κ1) is 19.9. The van der Waals surface area contributed by atoms with Gasteiger partial charge in [0, 0.05) is 0 Å². The number of amides is 2. The van der Waals surface area contributed by atoms with Crippen molar-refractivity contribution >= 4 is 60.8 Å². The van der Waals surface area contributed by atoms with Crippen molar-refractivity contribution in [2.45, 2.75) is 6.54 Å². The number of nitrogens with zero attached hydrogens (tertiary/aromatic N) is 1. The molecule has 0 spiro atoms. The molecule has 138 valence electrons. The Balaban J connectivity index is 1.82. The Morgan fingerprint density at radius 2 is 1.78 bits per heavy atom. The van der Waals surface area contributed by atoms with E-state index in [0.29, 0.717) is 17.3 Å². The van der Waals surface area contributed by atoms with Gasteiger partial charge >= 0.3 is 0 Å². The predicted octanol–water partition coefficient (Wildman–Crippen LogP) is 6.01. The van der Waals surface area contributed by atoms with Crippen LogP contribution in [0.5, 0.6) is 5.75 Å². The van der Waals surface area contributed by atoms with Crippen molar-refractivity contribution in [1.29, 1.82) is 0 Å². The molecule has 7 heteroatoms. The standard InChI is InChI=1S/C20H15Br2NO3S/c1-2-8-26-18-15(21)9-14(10-16(18)22)11-17-19(24)23(20(25)27-17)12-13-6-4-3-5-7-13/h2-7,9-11H,1,8,12H2/b17-11-. The number of hydrogen-bond acceptors (Lipinski definition) is 4. The molecule has 0 N–H and O–H groups in total. The average Bonchev–Trinajstić information content (AvgIpc) is 2.89. The van der Waals surface area contributed by atoms with E-state index in [4.69, 9.17) is 4.74 Å². The number of imide groups is 1. The summed E-state index contributed by atoms with van der Waals surface area (Å²) in [5.74, 6) is 0.373. The average molecular weight is 509 g/mol. The molecule has 2 amide bonds. The van der Waals surface area contributed by atoms with Crippen LogP contribution in [0.1, 0.15) is 11.1 Å². The van der Waals surface area contributed by atoms with E-state index < -0.39 is 0 Å². The third-order valence-corrected chi connectivity index (χ3v) is 5.81. The minimum absolute atomic E-state index is 0.265. The molecule has 4 nitrogen and oxygen atoms in total. The van der Waals surface area contributed by atoms with Gasteiger partial charge in [0.2, 0.25) is 0 Å². The van der Waals surface area contributed by atoms with E-state index >= 15 is 0 Å². The van der Waals surface area contributed by atoms with E-state index in [0.717, 1.165) is 31.8 Å². The third kappa shape index (κ3) is 4.72. The fourth-order valence-corrected chi connectivity index (χ4v) is 4.79. The second-order valence-corrected chi connectivity index (χ2v) is 8.37. The number of carbonyl (C=O) groups excluding carboxylic acids is 2. The molecule has 0 aromatic heterocycles. The fourth-order valence-electron chi connectivity index (χ4n) is 2.50. The summed E-state index contributed by atoms with van der Waals surface area (Å²) in [5, 5.41) is -0.265. The fraction of sp³-hybridized carbons (Fsp3) is 0.100. The lowest BCUT2D eigenvalue weighted by Gasteiger charge is -2.12. The van der Waals surface area contributed by atoms with Gasteiger partial charge in [-0.15, -0.1) is 0 Å². The van der Waals surface area contributed by atoms with Gasteiger partial charge in [-0.1, -0.05) is 43.0 Å². The van der Waals surface area contributed by atoms with Crippen LogP contribution in [-0.4, -0.2) is 22.7 Å². The summed E-state index contributed by atoms with van der Waals surface area (Å²) in [6, 6.07) is 13.1. The quantitative estimate of drug-likeness (QED) is 0.354. The molecule has 0 aliphatic carbocycles. The van der Waals surface area contributed by atoms with Gasteiger partial charge in [-0.25, -0.2) is 0 Å². The summed E-state index contributed by atoms with van der Waals surface area (Å²) in [7, 11) is 0. The molecular formula is C20H15Br2NO3S. The van der Waals surface area contributed by atoms with E-state index in [9.17, 15) is 9.59 Å². The summed E-state index contributed by atoms with van der Waals surface area (Å²) < 4.78 is 7.08. The van der Waals surface area contributed by atoms with Crippen LogP contribution >= 0.6 is 43.6 Å². The minimum atomic E-state index is -0.284. The van der Waals surface area contributed by atoms with Gasteiger partial charge in [-0.2, -0.15) is 0 Å². The van der Waals surface area contributed by atoms with E-state index in [1.54, 1.807) is 12.2 Å². The van der Waals surface area contributed by atoms with Crippen molar-refractivity contribution in [1.82, 2.24) is 4.90 Å². The zero-order valence-corrected chi connectivity index (χ0v) is 18.1. The molecule has 1 fully saturated rings. The Morgan fingerprint density at radius 3 is 2.41 bits per heavy atom. The molecule has 0 atom stereocenters. The van der Waals surface area contributed by atoms with Gasteiger partial charge in [0.1, 0.15) is 12.4 Å². The lowest BCUT2D eigenvalue weighted by molar-refractivity contribution is -0.123. The van der Waals surface area contributed by atoms with Crippen molar-refractivity contribution in [2.24, 2.45) is 0 Å². The van der Waals surface area contributed by atoms with E-state index in [-0.39, 0.29) is 17.7 Å². The maximum absolute atomic E-state index is 12.7. The zero-order valence-electron chi connectivity index (χ0n) is 14.2. The molecular weight excluding hydrogens is 494 g/mol. The number of benzene rings is 2. The zero-order chi connectivity index (χ0) is 19.4. The van der Waals surface area contributed by atoms with Gasteiger partial charge in [0.05, 0.1) is 20.4 Å². The largest absolute Gasteiger partial charge is 0.487 e. The van der Waals surface area contributed by atoms with Crippen LogP contribution in [0.15, 0.2) is 69.0 Å². The Labute approximate surface area is 178 Å². The highest BCUT2D eigenvalue weighted by Crippen LogP contribution is 2.38. The Kier molecular flexibility index (Phi) is 6.57. The first-order valence-corrected chi connectivity index (χ1v) is 10.4. The topological polar surface area (TPSA) is 46.6 Å². The molecule has 2 aromatic rings. The van der Waals surface area contributed by atoms with Gasteiger partial charge < -0.3 is 4.74 Å². The highest BCUT2D eigenvalue weighted by Gasteiger charge is 2.35. The Morgan fingerprint density at radius 1 is 1.11 bits per heavy atom. The number of rotatable bonds is 6. The summed E-state index contributed by atoms with van der Waals surface area (Å²) >= 11 is 7.90. The van der Waals surface area contributed by atoms with Crippen molar-refractivity contribution in [3.05, 3.63) is 80.1 Å². The summed E-state index contributed by atoms with van der Waals surface area (Å²) in [4.78, 5) is 26.6. The smallest absolute Gasteiger partial charge is 0.293 e. The normalized spacial score (nSPS) is 15.5. The third-order valence-electron chi connectivity index (χ3n) is 3.72. The molecule has 0 unspecified atom stereocenters. The van der Waals surface area contributed by atoms with Gasteiger partial charge in [0.15, 0.2) is 0 Å². The van der Waals surface area contributed by atoms with Crippen molar-refractivity contribution < 1.29 is 14.3 Å². The number of halogens is 2. The highest BCUT2D eigenvalue weighted by atomic mass is 79.9. The molecule has 0 radical (unpaired) electrons. The first-order valence-electron chi connectivity index (χ1n) is 8.01. The van der Waals surface area contributed by atoms with E-state index in [1.165, 1.54) is 4.90 Å². The van der Waals surface area contributed by atoms with Gasteiger partial charge in [-0.05, 0) is 73.0 Å². The van der Waals surface area contributed by atoms with Crippen LogP contribution in [0.3, 0.4) is 0 Å². The van der Waals surface area contributed by atoms with Crippen LogP contribution < -0.4 is 4.74 Å².